The van der Waals surface area contributed by atoms with Gasteiger partial charge >= 0.3 is 0 Å². The van der Waals surface area contributed by atoms with Gasteiger partial charge in [-0.05, 0) is 5.56 Å². The monoisotopic (exact) mass is 282 g/mol. The van der Waals surface area contributed by atoms with E-state index in [0.717, 1.165) is 13.1 Å². The molecular weight excluding hydrogens is 264 g/mol. The molecular formula is C14H19ClN2O2. The Morgan fingerprint density at radius 3 is 2.68 bits per heavy atom. The summed E-state index contributed by atoms with van der Waals surface area (Å²) >= 11 is 5.59. The summed E-state index contributed by atoms with van der Waals surface area (Å²) in [7, 11) is 0. The van der Waals surface area contributed by atoms with Gasteiger partial charge in [-0.2, -0.15) is 0 Å². The fraction of sp³-hybridized carbons (Fsp3) is 0.500. The van der Waals surface area contributed by atoms with Crippen LogP contribution in [-0.4, -0.2) is 59.0 Å². The third-order valence-electron chi connectivity index (χ3n) is 3.46. The summed E-state index contributed by atoms with van der Waals surface area (Å²) < 4.78 is 0. The molecule has 0 aliphatic carbocycles. The third-order valence-corrected chi connectivity index (χ3v) is 3.69. The van der Waals surface area contributed by atoms with Gasteiger partial charge < -0.3 is 10.0 Å². The first kappa shape index (κ1) is 14.3. The molecule has 1 heterocycles. The lowest BCUT2D eigenvalue weighted by molar-refractivity contribution is -0.134. The zero-order valence-corrected chi connectivity index (χ0v) is 11.6. The smallest absolute Gasteiger partial charge is 0.237 e. The lowest BCUT2D eigenvalue weighted by Crippen LogP contribution is -2.56. The quantitative estimate of drug-likeness (QED) is 0.836. The van der Waals surface area contributed by atoms with Gasteiger partial charge in [-0.3, -0.25) is 9.69 Å². The maximum Gasteiger partial charge on any atom is 0.237 e. The zero-order valence-electron chi connectivity index (χ0n) is 10.8. The molecule has 19 heavy (non-hydrogen) atoms. The number of amides is 1. The van der Waals surface area contributed by atoms with E-state index in [0.29, 0.717) is 13.1 Å². The van der Waals surface area contributed by atoms with E-state index < -0.39 is 0 Å². The molecule has 1 atom stereocenters. The minimum Gasteiger partial charge on any atom is -0.394 e. The molecule has 1 aromatic carbocycles. The summed E-state index contributed by atoms with van der Waals surface area (Å²) in [5, 5.41) is 9.43. The lowest BCUT2D eigenvalue weighted by atomic mass is 10.1. The average Bonchev–Trinajstić information content (AvgIpc) is 2.47. The Morgan fingerprint density at radius 2 is 2.05 bits per heavy atom. The van der Waals surface area contributed by atoms with Gasteiger partial charge in [-0.25, -0.2) is 0 Å². The van der Waals surface area contributed by atoms with E-state index in [-0.39, 0.29) is 24.4 Å². The lowest BCUT2D eigenvalue weighted by Gasteiger charge is -2.40. The van der Waals surface area contributed by atoms with Crippen LogP contribution in [0.4, 0.5) is 0 Å². The Kier molecular flexibility index (Phi) is 5.19. The molecule has 1 unspecified atom stereocenters. The van der Waals surface area contributed by atoms with Crippen LogP contribution in [0.3, 0.4) is 0 Å². The van der Waals surface area contributed by atoms with Crippen LogP contribution < -0.4 is 0 Å². The molecule has 1 aromatic rings. The molecule has 0 radical (unpaired) electrons. The fourth-order valence-corrected chi connectivity index (χ4v) is 2.62. The standard InChI is InChI=1S/C14H19ClN2O2/c15-8-14(19)17-7-6-16(10-13(17)11-18)9-12-4-2-1-3-5-12/h1-5,13,18H,6-11H2. The Labute approximate surface area is 118 Å². The Balaban J connectivity index is 1.95. The first-order valence-corrected chi connectivity index (χ1v) is 7.00. The van der Waals surface area contributed by atoms with Crippen LogP contribution in [0.15, 0.2) is 30.3 Å². The van der Waals surface area contributed by atoms with Crippen LogP contribution in [0.2, 0.25) is 0 Å². The number of aliphatic hydroxyl groups is 1. The number of hydrogen-bond donors (Lipinski definition) is 1. The molecule has 0 bridgehead atoms. The highest BCUT2D eigenvalue weighted by atomic mass is 35.5. The Bertz CT molecular complexity index is 413. The Hall–Kier alpha value is -1.10. The van der Waals surface area contributed by atoms with Gasteiger partial charge in [0.05, 0.1) is 12.6 Å². The maximum atomic E-state index is 11.7. The summed E-state index contributed by atoms with van der Waals surface area (Å²) in [5.41, 5.74) is 1.25. The summed E-state index contributed by atoms with van der Waals surface area (Å²) in [4.78, 5) is 15.6. The van der Waals surface area contributed by atoms with Crippen molar-refractivity contribution in [3.05, 3.63) is 35.9 Å². The molecule has 1 amide bonds. The second-order valence-corrected chi connectivity index (χ2v) is 5.05. The second kappa shape index (κ2) is 6.89. The normalized spacial score (nSPS) is 20.5. The summed E-state index contributed by atoms with van der Waals surface area (Å²) in [6.45, 7) is 2.96. The van der Waals surface area contributed by atoms with Gasteiger partial charge in [-0.15, -0.1) is 11.6 Å². The van der Waals surface area contributed by atoms with Gasteiger partial charge in [0.25, 0.3) is 0 Å². The van der Waals surface area contributed by atoms with Crippen molar-refractivity contribution in [2.24, 2.45) is 0 Å². The van der Waals surface area contributed by atoms with Crippen LogP contribution in [-0.2, 0) is 11.3 Å². The van der Waals surface area contributed by atoms with Crippen molar-refractivity contribution in [2.75, 3.05) is 32.1 Å². The molecule has 0 spiro atoms. The number of benzene rings is 1. The van der Waals surface area contributed by atoms with Gasteiger partial charge in [-0.1, -0.05) is 30.3 Å². The number of alkyl halides is 1. The van der Waals surface area contributed by atoms with Crippen LogP contribution in [0.25, 0.3) is 0 Å². The number of hydrogen-bond acceptors (Lipinski definition) is 3. The van der Waals surface area contributed by atoms with E-state index in [1.54, 1.807) is 4.90 Å². The Morgan fingerprint density at radius 1 is 1.32 bits per heavy atom. The predicted molar refractivity (Wildman–Crippen MR) is 75.0 cm³/mol. The number of nitrogens with zero attached hydrogens (tertiary/aromatic N) is 2. The van der Waals surface area contributed by atoms with Crippen LogP contribution in [0, 0.1) is 0 Å². The largest absolute Gasteiger partial charge is 0.394 e. The minimum atomic E-state index is -0.149. The van der Waals surface area contributed by atoms with Gasteiger partial charge in [0.2, 0.25) is 5.91 Å². The number of piperazine rings is 1. The number of carbonyl (C=O) groups is 1. The van der Waals surface area contributed by atoms with Crippen molar-refractivity contribution in [2.45, 2.75) is 12.6 Å². The van der Waals surface area contributed by atoms with Crippen molar-refractivity contribution in [1.29, 1.82) is 0 Å². The number of aliphatic hydroxyl groups excluding tert-OH is 1. The summed E-state index contributed by atoms with van der Waals surface area (Å²) in [5.74, 6) is -0.116. The van der Waals surface area contributed by atoms with E-state index in [1.807, 2.05) is 18.2 Å². The van der Waals surface area contributed by atoms with Crippen molar-refractivity contribution < 1.29 is 9.90 Å². The summed E-state index contributed by atoms with van der Waals surface area (Å²) in [6.07, 6.45) is 0. The fourth-order valence-electron chi connectivity index (χ4n) is 2.47. The first-order chi connectivity index (χ1) is 9.24. The van der Waals surface area contributed by atoms with E-state index in [1.165, 1.54) is 5.56 Å². The molecule has 4 nitrogen and oxygen atoms in total. The zero-order chi connectivity index (χ0) is 13.7. The third kappa shape index (κ3) is 3.69. The highest BCUT2D eigenvalue weighted by Gasteiger charge is 2.29. The van der Waals surface area contributed by atoms with Crippen molar-refractivity contribution >= 4 is 17.5 Å². The second-order valence-electron chi connectivity index (χ2n) is 4.78. The molecule has 1 aliphatic heterocycles. The molecule has 1 fully saturated rings. The molecule has 1 saturated heterocycles. The van der Waals surface area contributed by atoms with Crippen LogP contribution in [0.5, 0.6) is 0 Å². The number of halogens is 1. The van der Waals surface area contributed by atoms with E-state index in [4.69, 9.17) is 11.6 Å². The SMILES string of the molecule is O=C(CCl)N1CCN(Cc2ccccc2)CC1CO. The first-order valence-electron chi connectivity index (χ1n) is 6.47. The van der Waals surface area contributed by atoms with Crippen molar-refractivity contribution in [3.63, 3.8) is 0 Å². The molecule has 1 N–H and O–H groups in total. The minimum absolute atomic E-state index is 0.0187. The predicted octanol–water partition coefficient (Wildman–Crippen LogP) is 0.930. The maximum absolute atomic E-state index is 11.7. The molecule has 1 aliphatic rings. The van der Waals surface area contributed by atoms with Crippen LogP contribution in [0.1, 0.15) is 5.56 Å². The van der Waals surface area contributed by atoms with Crippen LogP contribution >= 0.6 is 11.6 Å². The highest BCUT2D eigenvalue weighted by Crippen LogP contribution is 2.13. The van der Waals surface area contributed by atoms with E-state index in [2.05, 4.69) is 17.0 Å². The van der Waals surface area contributed by atoms with Gasteiger partial charge in [0.1, 0.15) is 5.88 Å². The van der Waals surface area contributed by atoms with Crippen molar-refractivity contribution in [3.8, 4) is 0 Å². The molecule has 0 aromatic heterocycles. The molecule has 104 valence electrons. The number of carbonyl (C=O) groups excluding carboxylic acids is 1. The van der Waals surface area contributed by atoms with E-state index in [9.17, 15) is 9.90 Å². The molecule has 2 rings (SSSR count). The van der Waals surface area contributed by atoms with E-state index >= 15 is 0 Å². The van der Waals surface area contributed by atoms with Gasteiger partial charge in [0.15, 0.2) is 0 Å². The highest BCUT2D eigenvalue weighted by molar-refractivity contribution is 6.27. The molecule has 5 heteroatoms. The summed E-state index contributed by atoms with van der Waals surface area (Å²) in [6, 6.07) is 10.1. The van der Waals surface area contributed by atoms with Crippen molar-refractivity contribution in [1.82, 2.24) is 9.80 Å². The topological polar surface area (TPSA) is 43.8 Å². The number of rotatable bonds is 4. The average molecular weight is 283 g/mol. The molecule has 0 saturated carbocycles. The van der Waals surface area contributed by atoms with Gasteiger partial charge in [0, 0.05) is 26.2 Å².